The second kappa shape index (κ2) is 4.64. The molecule has 0 bridgehead atoms. The highest BCUT2D eigenvalue weighted by molar-refractivity contribution is 8.01. The largest absolute Gasteiger partial charge is 0.192 e. The first kappa shape index (κ1) is 11.1. The maximum absolute atomic E-state index is 9.00. The van der Waals surface area contributed by atoms with Gasteiger partial charge in [0.25, 0.3) is 0 Å². The summed E-state index contributed by atoms with van der Waals surface area (Å²) in [6.45, 7) is 3.93. The Balaban J connectivity index is 2.34. The van der Waals surface area contributed by atoms with Crippen LogP contribution in [0, 0.1) is 25.2 Å². The molecule has 0 fully saturated rings. The number of nitriles is 1. The van der Waals surface area contributed by atoms with Crippen molar-refractivity contribution >= 4 is 23.1 Å². The summed E-state index contributed by atoms with van der Waals surface area (Å²) in [4.78, 5) is 0.943. The Morgan fingerprint density at radius 1 is 1.31 bits per heavy atom. The quantitative estimate of drug-likeness (QED) is 0.817. The van der Waals surface area contributed by atoms with Crippen molar-refractivity contribution in [2.75, 3.05) is 0 Å². The fraction of sp³-hybridized carbons (Fsp3) is 0.182. The number of hydrogen-bond acceptors (Lipinski definition) is 5. The molecule has 0 atom stereocenters. The molecule has 0 aliphatic carbocycles. The summed E-state index contributed by atoms with van der Waals surface area (Å²) in [5, 5.41) is 17.9. The van der Waals surface area contributed by atoms with Crippen LogP contribution in [0.1, 0.15) is 16.1 Å². The van der Waals surface area contributed by atoms with Crippen molar-refractivity contribution in [3.05, 3.63) is 34.3 Å². The molecular formula is C11H9N3S2. The lowest BCUT2D eigenvalue weighted by atomic mass is 10.2. The number of hydrogen-bond donors (Lipinski definition) is 0. The molecule has 0 aliphatic rings. The van der Waals surface area contributed by atoms with Gasteiger partial charge in [-0.2, -0.15) is 5.26 Å². The fourth-order valence-electron chi connectivity index (χ4n) is 1.22. The van der Waals surface area contributed by atoms with Gasteiger partial charge in [0.2, 0.25) is 0 Å². The van der Waals surface area contributed by atoms with Gasteiger partial charge in [0.05, 0.1) is 5.56 Å². The third-order valence-electron chi connectivity index (χ3n) is 1.96. The number of benzene rings is 1. The van der Waals surface area contributed by atoms with Gasteiger partial charge in [-0.15, -0.1) is 10.2 Å². The monoisotopic (exact) mass is 247 g/mol. The van der Waals surface area contributed by atoms with Gasteiger partial charge in [-0.3, -0.25) is 0 Å². The number of aromatic nitrogens is 2. The standard InChI is InChI=1S/C11H9N3S2/c1-7-3-4-9(6-12)10(5-7)16-11-14-13-8(2)15-11/h3-5H,1-2H3. The smallest absolute Gasteiger partial charge is 0.179 e. The minimum Gasteiger partial charge on any atom is -0.192 e. The molecule has 0 N–H and O–H groups in total. The van der Waals surface area contributed by atoms with Crippen molar-refractivity contribution in [2.45, 2.75) is 23.1 Å². The van der Waals surface area contributed by atoms with Crippen molar-refractivity contribution in [1.82, 2.24) is 10.2 Å². The molecule has 0 unspecified atom stereocenters. The van der Waals surface area contributed by atoms with Crippen LogP contribution in [0.15, 0.2) is 27.4 Å². The SMILES string of the molecule is Cc1ccc(C#N)c(Sc2nnc(C)s2)c1. The highest BCUT2D eigenvalue weighted by Crippen LogP contribution is 2.32. The molecule has 2 aromatic rings. The summed E-state index contributed by atoms with van der Waals surface area (Å²) in [7, 11) is 0. The van der Waals surface area contributed by atoms with Crippen LogP contribution >= 0.6 is 23.1 Å². The van der Waals surface area contributed by atoms with Crippen molar-refractivity contribution in [1.29, 1.82) is 5.26 Å². The molecule has 0 saturated carbocycles. The van der Waals surface area contributed by atoms with Crippen molar-refractivity contribution in [3.63, 3.8) is 0 Å². The van der Waals surface area contributed by atoms with Crippen LogP contribution in [0.5, 0.6) is 0 Å². The first-order valence-electron chi connectivity index (χ1n) is 4.68. The van der Waals surface area contributed by atoms with E-state index in [0.29, 0.717) is 5.56 Å². The highest BCUT2D eigenvalue weighted by atomic mass is 32.2. The van der Waals surface area contributed by atoms with Gasteiger partial charge in [-0.05, 0) is 31.5 Å². The van der Waals surface area contributed by atoms with Gasteiger partial charge in [-0.25, -0.2) is 0 Å². The maximum atomic E-state index is 9.00. The van der Waals surface area contributed by atoms with E-state index in [1.54, 1.807) is 0 Å². The van der Waals surface area contributed by atoms with Crippen LogP contribution in [0.25, 0.3) is 0 Å². The summed E-state index contributed by atoms with van der Waals surface area (Å²) in [5.41, 5.74) is 1.83. The van der Waals surface area contributed by atoms with Crippen LogP contribution in [0.2, 0.25) is 0 Å². The van der Waals surface area contributed by atoms with Crippen LogP contribution in [0.3, 0.4) is 0 Å². The molecule has 0 amide bonds. The van der Waals surface area contributed by atoms with Gasteiger partial charge in [-0.1, -0.05) is 29.2 Å². The molecule has 0 saturated heterocycles. The molecule has 0 aliphatic heterocycles. The lowest BCUT2D eigenvalue weighted by molar-refractivity contribution is 0.983. The minimum absolute atomic E-state index is 0.684. The summed E-state index contributed by atoms with van der Waals surface area (Å²) in [5.74, 6) is 0. The molecule has 3 nitrogen and oxygen atoms in total. The van der Waals surface area contributed by atoms with E-state index >= 15 is 0 Å². The zero-order chi connectivity index (χ0) is 11.5. The Bertz CT molecular complexity index is 555. The molecule has 1 aromatic carbocycles. The van der Waals surface area contributed by atoms with E-state index in [1.165, 1.54) is 23.1 Å². The first-order valence-corrected chi connectivity index (χ1v) is 6.31. The Kier molecular flexibility index (Phi) is 3.22. The molecule has 16 heavy (non-hydrogen) atoms. The van der Waals surface area contributed by atoms with E-state index in [-0.39, 0.29) is 0 Å². The predicted octanol–water partition coefficient (Wildman–Crippen LogP) is 3.18. The average molecular weight is 247 g/mol. The van der Waals surface area contributed by atoms with Crippen molar-refractivity contribution < 1.29 is 0 Å². The minimum atomic E-state index is 0.684. The van der Waals surface area contributed by atoms with Gasteiger partial charge in [0.15, 0.2) is 4.34 Å². The van der Waals surface area contributed by atoms with Crippen LogP contribution in [-0.2, 0) is 0 Å². The van der Waals surface area contributed by atoms with E-state index in [1.807, 2.05) is 32.0 Å². The first-order chi connectivity index (χ1) is 7.69. The third kappa shape index (κ3) is 2.40. The summed E-state index contributed by atoms with van der Waals surface area (Å²) >= 11 is 3.04. The molecule has 0 radical (unpaired) electrons. The lowest BCUT2D eigenvalue weighted by Gasteiger charge is -2.01. The second-order valence-corrected chi connectivity index (χ2v) is 5.77. The van der Waals surface area contributed by atoms with Crippen molar-refractivity contribution in [2.24, 2.45) is 0 Å². The van der Waals surface area contributed by atoms with Crippen LogP contribution in [-0.4, -0.2) is 10.2 Å². The van der Waals surface area contributed by atoms with Gasteiger partial charge in [0, 0.05) is 4.90 Å². The van der Waals surface area contributed by atoms with E-state index in [4.69, 9.17) is 5.26 Å². The molecule has 1 aromatic heterocycles. The van der Waals surface area contributed by atoms with E-state index in [0.717, 1.165) is 19.8 Å². The highest BCUT2D eigenvalue weighted by Gasteiger charge is 2.07. The Morgan fingerprint density at radius 2 is 2.12 bits per heavy atom. The third-order valence-corrected chi connectivity index (χ3v) is 3.91. The van der Waals surface area contributed by atoms with Crippen LogP contribution in [0.4, 0.5) is 0 Å². The maximum Gasteiger partial charge on any atom is 0.179 e. The molecule has 0 spiro atoms. The molecule has 80 valence electrons. The Hall–Kier alpha value is -1.38. The summed E-state index contributed by atoms with van der Waals surface area (Å²) in [6.07, 6.45) is 0. The topological polar surface area (TPSA) is 49.6 Å². The second-order valence-electron chi connectivity index (χ2n) is 3.30. The molecular weight excluding hydrogens is 238 g/mol. The number of nitrogens with zero attached hydrogens (tertiary/aromatic N) is 3. The summed E-state index contributed by atoms with van der Waals surface area (Å²) in [6, 6.07) is 7.96. The van der Waals surface area contributed by atoms with E-state index < -0.39 is 0 Å². The van der Waals surface area contributed by atoms with Gasteiger partial charge < -0.3 is 0 Å². The van der Waals surface area contributed by atoms with Gasteiger partial charge in [0.1, 0.15) is 11.1 Å². The average Bonchev–Trinajstić information content (AvgIpc) is 2.64. The Labute approximate surface area is 102 Å². The zero-order valence-electron chi connectivity index (χ0n) is 8.89. The van der Waals surface area contributed by atoms with E-state index in [2.05, 4.69) is 16.3 Å². The van der Waals surface area contributed by atoms with E-state index in [9.17, 15) is 0 Å². The fourth-order valence-corrected chi connectivity index (χ4v) is 3.17. The molecule has 1 heterocycles. The molecule has 5 heteroatoms. The van der Waals surface area contributed by atoms with Crippen LogP contribution < -0.4 is 0 Å². The number of aryl methyl sites for hydroxylation is 2. The Morgan fingerprint density at radius 3 is 2.75 bits per heavy atom. The molecule has 2 rings (SSSR count). The zero-order valence-corrected chi connectivity index (χ0v) is 10.5. The van der Waals surface area contributed by atoms with Crippen molar-refractivity contribution in [3.8, 4) is 6.07 Å². The normalized spacial score (nSPS) is 10.1. The van der Waals surface area contributed by atoms with Gasteiger partial charge >= 0.3 is 0 Å². The lowest BCUT2D eigenvalue weighted by Crippen LogP contribution is -1.83. The number of rotatable bonds is 2. The predicted molar refractivity (Wildman–Crippen MR) is 64.7 cm³/mol. The summed E-state index contributed by atoms with van der Waals surface area (Å²) < 4.78 is 0.875.